The minimum Gasteiger partial charge on any atom is -0.361 e. The minimum atomic E-state index is -1.04. The normalized spacial score (nSPS) is 22.8. The van der Waals surface area contributed by atoms with E-state index in [2.05, 4.69) is 31.9 Å². The largest absolute Gasteiger partial charge is 0.361 e. The number of rotatable bonds is 23. The van der Waals surface area contributed by atoms with Gasteiger partial charge in [-0.25, -0.2) is 4.79 Å². The van der Waals surface area contributed by atoms with E-state index in [4.69, 9.17) is 4.74 Å². The Kier molecular flexibility index (Phi) is 16.2. The number of urea groups is 1. The number of hydrogen-bond acceptors (Lipinski definition) is 8. The molecule has 3 heterocycles. The average Bonchev–Trinajstić information content (AvgIpc) is 3.68. The topological polar surface area (TPSA) is 187 Å². The molecular formula is C44H62N6O7S. The van der Waals surface area contributed by atoms with Gasteiger partial charge in [0, 0.05) is 23.8 Å². The lowest BCUT2D eigenvalue weighted by Crippen LogP contribution is -2.59. The molecule has 0 aromatic heterocycles. The van der Waals surface area contributed by atoms with Crippen molar-refractivity contribution in [3.05, 3.63) is 71.8 Å². The maximum atomic E-state index is 14.2. The summed E-state index contributed by atoms with van der Waals surface area (Å²) >= 11 is 1.84. The van der Waals surface area contributed by atoms with E-state index in [0.29, 0.717) is 37.5 Å². The van der Waals surface area contributed by atoms with Crippen LogP contribution in [0.2, 0.25) is 0 Å². The number of Topliss-reactive ketones (excluding diaryl/α,β-unsaturated/α-hetero) is 1. The third kappa shape index (κ3) is 13.3. The second-order valence-corrected chi connectivity index (χ2v) is 18.3. The van der Waals surface area contributed by atoms with Crippen LogP contribution in [0.5, 0.6) is 0 Å². The first kappa shape index (κ1) is 44.7. The van der Waals surface area contributed by atoms with Gasteiger partial charge in [0.05, 0.1) is 24.7 Å². The van der Waals surface area contributed by atoms with E-state index >= 15 is 0 Å². The number of benzene rings is 2. The summed E-state index contributed by atoms with van der Waals surface area (Å²) in [6, 6.07) is 15.4. The number of nitrogens with one attached hydrogen (secondary N) is 6. The first-order chi connectivity index (χ1) is 27.7. The van der Waals surface area contributed by atoms with Gasteiger partial charge in [0.1, 0.15) is 23.7 Å². The van der Waals surface area contributed by atoms with Crippen LogP contribution in [0.3, 0.4) is 0 Å². The van der Waals surface area contributed by atoms with E-state index in [9.17, 15) is 28.8 Å². The van der Waals surface area contributed by atoms with Gasteiger partial charge in [0.2, 0.25) is 23.6 Å². The van der Waals surface area contributed by atoms with Crippen LogP contribution in [-0.2, 0) is 41.6 Å². The van der Waals surface area contributed by atoms with Gasteiger partial charge in [-0.1, -0.05) is 94.8 Å². The molecule has 13 nitrogen and oxygen atoms in total. The highest BCUT2D eigenvalue weighted by molar-refractivity contribution is 8.00. The summed E-state index contributed by atoms with van der Waals surface area (Å²) < 4.78 is 5.42. The van der Waals surface area contributed by atoms with E-state index in [1.54, 1.807) is 6.92 Å². The number of amides is 6. The van der Waals surface area contributed by atoms with Crippen molar-refractivity contribution >= 4 is 47.2 Å². The van der Waals surface area contributed by atoms with E-state index in [1.165, 1.54) is 0 Å². The number of carbonyl (C=O) groups excluding carboxylic acids is 6. The summed E-state index contributed by atoms with van der Waals surface area (Å²) in [5, 5.41) is 18.0. The number of epoxide rings is 1. The molecule has 0 unspecified atom stereocenters. The number of ketones is 1. The Labute approximate surface area is 347 Å². The first-order valence-corrected chi connectivity index (χ1v) is 21.9. The zero-order chi connectivity index (χ0) is 41.8. The van der Waals surface area contributed by atoms with Crippen molar-refractivity contribution in [2.45, 2.75) is 140 Å². The second kappa shape index (κ2) is 21.0. The van der Waals surface area contributed by atoms with Crippen LogP contribution in [0, 0.1) is 11.8 Å². The summed E-state index contributed by atoms with van der Waals surface area (Å²) in [6.07, 6.45) is 4.26. The third-order valence-electron chi connectivity index (χ3n) is 11.0. The van der Waals surface area contributed by atoms with Crippen molar-refractivity contribution in [3.8, 4) is 0 Å². The highest BCUT2D eigenvalue weighted by Crippen LogP contribution is 2.33. The van der Waals surface area contributed by atoms with Crippen LogP contribution in [0.25, 0.3) is 0 Å². The molecule has 0 spiro atoms. The molecule has 316 valence electrons. The molecule has 0 radical (unpaired) electrons. The molecule has 14 heteroatoms. The second-order valence-electron chi connectivity index (χ2n) is 17.0. The molecule has 0 aliphatic carbocycles. The fourth-order valence-electron chi connectivity index (χ4n) is 7.67. The molecule has 2 aromatic carbocycles. The van der Waals surface area contributed by atoms with Crippen molar-refractivity contribution in [2.75, 3.05) is 12.4 Å². The average molecular weight is 819 g/mol. The van der Waals surface area contributed by atoms with E-state index in [0.717, 1.165) is 29.7 Å². The Morgan fingerprint density at radius 2 is 1.33 bits per heavy atom. The minimum absolute atomic E-state index is 0.00350. The van der Waals surface area contributed by atoms with Gasteiger partial charge in [-0.15, -0.1) is 0 Å². The molecule has 2 aromatic rings. The van der Waals surface area contributed by atoms with Crippen molar-refractivity contribution in [3.63, 3.8) is 0 Å². The van der Waals surface area contributed by atoms with Crippen LogP contribution in [-0.4, -0.2) is 94.9 Å². The first-order valence-electron chi connectivity index (χ1n) is 20.9. The Hall–Kier alpha value is -4.43. The van der Waals surface area contributed by atoms with Crippen molar-refractivity contribution in [2.24, 2.45) is 11.8 Å². The molecule has 0 bridgehead atoms. The molecule has 3 aliphatic heterocycles. The predicted octanol–water partition coefficient (Wildman–Crippen LogP) is 3.98. The van der Waals surface area contributed by atoms with Crippen molar-refractivity contribution in [1.82, 2.24) is 31.9 Å². The van der Waals surface area contributed by atoms with Crippen LogP contribution in [0.1, 0.15) is 90.7 Å². The molecule has 8 atom stereocenters. The van der Waals surface area contributed by atoms with Gasteiger partial charge in [-0.3, -0.25) is 24.0 Å². The number of carbonyl (C=O) groups is 6. The maximum absolute atomic E-state index is 14.2. The van der Waals surface area contributed by atoms with Crippen LogP contribution >= 0.6 is 11.8 Å². The molecule has 3 saturated heterocycles. The van der Waals surface area contributed by atoms with Gasteiger partial charge >= 0.3 is 6.03 Å². The monoisotopic (exact) mass is 818 g/mol. The lowest BCUT2D eigenvalue weighted by atomic mass is 9.93. The Balaban J connectivity index is 1.25. The zero-order valence-electron chi connectivity index (χ0n) is 34.5. The van der Waals surface area contributed by atoms with Gasteiger partial charge in [0.25, 0.3) is 0 Å². The molecular weight excluding hydrogens is 757 g/mol. The number of unbranched alkanes of at least 4 members (excludes halogenated alkanes) is 1. The molecule has 3 fully saturated rings. The van der Waals surface area contributed by atoms with Crippen molar-refractivity contribution in [1.29, 1.82) is 0 Å². The highest BCUT2D eigenvalue weighted by Gasteiger charge is 2.50. The standard InChI is InChI=1S/C44H62N6O7S/c1-27(2)22-32(39(52)44(5)26-57-44)46-42(55)34(24-30-16-10-7-11-17-30)48-41(54)33(23-28(3)4)47-40(53)31(21-20-29-14-8-6-9-15-29)45-37(51)19-13-12-18-36-38-35(25-58-36)49-43(56)50-38/h6-11,14-17,27-28,31-36,38H,12-13,18-26H2,1-5H3,(H,45,51)(H,46,55)(H,47,53)(H,48,54)(H2,49,50,56)/t31-,32-,33-,34-,35-,36-,38-,44-/m0/s1. The summed E-state index contributed by atoms with van der Waals surface area (Å²) in [4.78, 5) is 80.8. The lowest BCUT2D eigenvalue weighted by molar-refractivity contribution is -0.135. The summed E-state index contributed by atoms with van der Waals surface area (Å²) in [5.41, 5.74) is 0.892. The van der Waals surface area contributed by atoms with Crippen LogP contribution < -0.4 is 31.9 Å². The van der Waals surface area contributed by atoms with Gasteiger partial charge in [0.15, 0.2) is 5.78 Å². The fourth-order valence-corrected chi connectivity index (χ4v) is 9.21. The summed E-state index contributed by atoms with van der Waals surface area (Å²) in [6.45, 7) is 9.85. The summed E-state index contributed by atoms with van der Waals surface area (Å²) in [7, 11) is 0. The molecule has 6 amide bonds. The fraction of sp³-hybridized carbons (Fsp3) is 0.591. The van der Waals surface area contributed by atoms with Crippen LogP contribution in [0.15, 0.2) is 60.7 Å². The molecule has 6 N–H and O–H groups in total. The number of thioether (sulfide) groups is 1. The highest BCUT2D eigenvalue weighted by atomic mass is 32.2. The Bertz CT molecular complexity index is 1720. The third-order valence-corrected chi connectivity index (χ3v) is 12.5. The smallest absolute Gasteiger partial charge is 0.315 e. The maximum Gasteiger partial charge on any atom is 0.315 e. The summed E-state index contributed by atoms with van der Waals surface area (Å²) in [5.74, 6) is -0.972. The predicted molar refractivity (Wildman–Crippen MR) is 225 cm³/mol. The Morgan fingerprint density at radius 1 is 0.759 bits per heavy atom. The zero-order valence-corrected chi connectivity index (χ0v) is 35.3. The molecule has 0 saturated carbocycles. The van der Waals surface area contributed by atoms with Crippen molar-refractivity contribution < 1.29 is 33.5 Å². The molecule has 58 heavy (non-hydrogen) atoms. The van der Waals surface area contributed by atoms with E-state index in [1.807, 2.05) is 100 Å². The van der Waals surface area contributed by atoms with Gasteiger partial charge < -0.3 is 36.6 Å². The van der Waals surface area contributed by atoms with E-state index < -0.39 is 47.5 Å². The molecule has 3 aliphatic rings. The quantitative estimate of drug-likeness (QED) is 0.0553. The SMILES string of the molecule is CC(C)C[C@H](NC(=O)[C@H](CCc1ccccc1)NC(=O)CCCC[C@@H]1SC[C@@H]2NC(=O)N[C@@H]21)C(=O)N[C@@H](Cc1ccccc1)C(=O)N[C@@H](CC(C)C)C(=O)[C@]1(C)CO1. The van der Waals surface area contributed by atoms with Gasteiger partial charge in [-0.05, 0) is 68.4 Å². The number of aryl methyl sites for hydroxylation is 1. The van der Waals surface area contributed by atoms with E-state index in [-0.39, 0.29) is 60.9 Å². The van der Waals surface area contributed by atoms with Gasteiger partial charge in [-0.2, -0.15) is 11.8 Å². The Morgan fingerprint density at radius 3 is 1.97 bits per heavy atom. The molecule has 5 rings (SSSR count). The number of ether oxygens (including phenoxy) is 1. The number of hydrogen-bond donors (Lipinski definition) is 6. The van der Waals surface area contributed by atoms with Crippen LogP contribution in [0.4, 0.5) is 4.79 Å². The lowest BCUT2D eigenvalue weighted by Gasteiger charge is -2.28. The number of fused-ring (bicyclic) bond motifs is 1.